The van der Waals surface area contributed by atoms with Gasteiger partial charge in [-0.15, -0.1) is 0 Å². The van der Waals surface area contributed by atoms with Crippen LogP contribution in [0.2, 0.25) is 0 Å². The number of furan rings is 1. The van der Waals surface area contributed by atoms with Crippen LogP contribution >= 0.6 is 0 Å². The topological polar surface area (TPSA) is 48.4 Å². The van der Waals surface area contributed by atoms with Gasteiger partial charge in [-0.05, 0) is 44.7 Å². The van der Waals surface area contributed by atoms with E-state index in [-0.39, 0.29) is 12.1 Å². The second-order valence-electron chi connectivity index (χ2n) is 5.76. The summed E-state index contributed by atoms with van der Waals surface area (Å²) in [4.78, 5) is 0. The van der Waals surface area contributed by atoms with Crippen molar-refractivity contribution in [3.05, 3.63) is 23.7 Å². The van der Waals surface area contributed by atoms with E-state index in [4.69, 9.17) is 14.9 Å². The van der Waals surface area contributed by atoms with Crippen molar-refractivity contribution in [2.45, 2.75) is 64.7 Å². The molecule has 3 heteroatoms. The van der Waals surface area contributed by atoms with Crippen LogP contribution < -0.4 is 5.73 Å². The first-order chi connectivity index (χ1) is 8.56. The molecule has 18 heavy (non-hydrogen) atoms. The minimum atomic E-state index is -0.117. The summed E-state index contributed by atoms with van der Waals surface area (Å²) in [7, 11) is 0. The van der Waals surface area contributed by atoms with Crippen molar-refractivity contribution in [1.29, 1.82) is 0 Å². The summed E-state index contributed by atoms with van der Waals surface area (Å²) < 4.78 is 11.9. The van der Waals surface area contributed by atoms with Crippen molar-refractivity contribution in [3.8, 4) is 0 Å². The molecule has 2 N–H and O–H groups in total. The standard InChI is InChI=1S/C15H25NO2/c1-10-5-4-6-13(9-10)18-15(12(3)16)14-8-7-11(2)17-14/h7-8,10,12-13,15H,4-6,9,16H2,1-3H3. The van der Waals surface area contributed by atoms with Crippen molar-refractivity contribution < 1.29 is 9.15 Å². The molecule has 0 spiro atoms. The lowest BCUT2D eigenvalue weighted by Crippen LogP contribution is -2.32. The molecule has 4 atom stereocenters. The number of ether oxygens (including phenoxy) is 1. The Morgan fingerprint density at radius 2 is 2.17 bits per heavy atom. The van der Waals surface area contributed by atoms with Gasteiger partial charge in [-0.2, -0.15) is 0 Å². The highest BCUT2D eigenvalue weighted by atomic mass is 16.5. The molecule has 1 heterocycles. The van der Waals surface area contributed by atoms with Gasteiger partial charge in [0.2, 0.25) is 0 Å². The number of hydrogen-bond acceptors (Lipinski definition) is 3. The Morgan fingerprint density at radius 3 is 2.72 bits per heavy atom. The van der Waals surface area contributed by atoms with Gasteiger partial charge in [0.05, 0.1) is 6.10 Å². The fraction of sp³-hybridized carbons (Fsp3) is 0.733. The first-order valence-electron chi connectivity index (χ1n) is 7.03. The van der Waals surface area contributed by atoms with Gasteiger partial charge in [0.25, 0.3) is 0 Å². The second-order valence-corrected chi connectivity index (χ2v) is 5.76. The molecule has 1 aliphatic carbocycles. The molecular weight excluding hydrogens is 226 g/mol. The second kappa shape index (κ2) is 5.89. The predicted molar refractivity (Wildman–Crippen MR) is 72.3 cm³/mol. The number of nitrogens with two attached hydrogens (primary N) is 1. The molecule has 102 valence electrons. The summed E-state index contributed by atoms with van der Waals surface area (Å²) in [5.74, 6) is 2.54. The van der Waals surface area contributed by atoms with Crippen molar-refractivity contribution in [3.63, 3.8) is 0 Å². The first kappa shape index (κ1) is 13.6. The third-order valence-electron chi connectivity index (χ3n) is 3.75. The van der Waals surface area contributed by atoms with Crippen LogP contribution in [0.3, 0.4) is 0 Å². The monoisotopic (exact) mass is 251 g/mol. The Labute approximate surface area is 110 Å². The summed E-state index contributed by atoms with van der Waals surface area (Å²) in [6.45, 7) is 6.23. The zero-order valence-electron chi connectivity index (χ0n) is 11.7. The van der Waals surface area contributed by atoms with Gasteiger partial charge in [0, 0.05) is 6.04 Å². The summed E-state index contributed by atoms with van der Waals surface area (Å²) in [5.41, 5.74) is 6.04. The molecule has 0 bridgehead atoms. The van der Waals surface area contributed by atoms with E-state index in [1.54, 1.807) is 0 Å². The van der Waals surface area contributed by atoms with Crippen LogP contribution in [0.25, 0.3) is 0 Å². The Bertz CT molecular complexity index is 372. The van der Waals surface area contributed by atoms with Gasteiger partial charge < -0.3 is 14.9 Å². The van der Waals surface area contributed by atoms with E-state index in [2.05, 4.69) is 6.92 Å². The Morgan fingerprint density at radius 1 is 1.39 bits per heavy atom. The SMILES string of the molecule is Cc1ccc(C(OC2CCCC(C)C2)C(C)N)o1. The van der Waals surface area contributed by atoms with Crippen LogP contribution in [0, 0.1) is 12.8 Å². The summed E-state index contributed by atoms with van der Waals surface area (Å²) in [6, 6.07) is 3.90. The molecule has 0 saturated heterocycles. The molecule has 0 radical (unpaired) electrons. The van der Waals surface area contributed by atoms with Gasteiger partial charge in [-0.25, -0.2) is 0 Å². The Balaban J connectivity index is 2.02. The predicted octanol–water partition coefficient (Wildman–Crippen LogP) is 3.57. The number of aryl methyl sites for hydroxylation is 1. The molecule has 3 nitrogen and oxygen atoms in total. The van der Waals surface area contributed by atoms with Crippen LogP contribution in [-0.2, 0) is 4.74 Å². The number of hydrogen-bond donors (Lipinski definition) is 1. The van der Waals surface area contributed by atoms with Gasteiger partial charge in [-0.3, -0.25) is 0 Å². The molecule has 0 amide bonds. The molecule has 1 aromatic rings. The maximum Gasteiger partial charge on any atom is 0.134 e. The van der Waals surface area contributed by atoms with E-state index in [0.717, 1.165) is 30.3 Å². The van der Waals surface area contributed by atoms with Crippen LogP contribution in [0.15, 0.2) is 16.5 Å². The fourth-order valence-electron chi connectivity index (χ4n) is 2.77. The molecule has 1 saturated carbocycles. The van der Waals surface area contributed by atoms with Crippen molar-refractivity contribution >= 4 is 0 Å². The third-order valence-corrected chi connectivity index (χ3v) is 3.75. The van der Waals surface area contributed by atoms with Crippen LogP contribution in [0.1, 0.15) is 57.2 Å². The minimum Gasteiger partial charge on any atom is -0.464 e. The van der Waals surface area contributed by atoms with Gasteiger partial charge in [0.15, 0.2) is 0 Å². The average Bonchev–Trinajstić information content (AvgIpc) is 2.72. The summed E-state index contributed by atoms with van der Waals surface area (Å²) in [6.07, 6.45) is 5.08. The quantitative estimate of drug-likeness (QED) is 0.890. The van der Waals surface area contributed by atoms with Crippen molar-refractivity contribution in [2.24, 2.45) is 11.7 Å². The minimum absolute atomic E-state index is 0.0483. The number of rotatable bonds is 4. The van der Waals surface area contributed by atoms with E-state index < -0.39 is 0 Å². The average molecular weight is 251 g/mol. The first-order valence-corrected chi connectivity index (χ1v) is 7.03. The highest BCUT2D eigenvalue weighted by Gasteiger charge is 2.27. The molecule has 0 aromatic carbocycles. The molecule has 4 unspecified atom stereocenters. The highest BCUT2D eigenvalue weighted by Crippen LogP contribution is 2.31. The third kappa shape index (κ3) is 3.36. The molecule has 1 fully saturated rings. The van der Waals surface area contributed by atoms with Gasteiger partial charge in [0.1, 0.15) is 17.6 Å². The smallest absolute Gasteiger partial charge is 0.134 e. The van der Waals surface area contributed by atoms with E-state index in [1.807, 2.05) is 26.0 Å². The largest absolute Gasteiger partial charge is 0.464 e. The Hall–Kier alpha value is -0.800. The van der Waals surface area contributed by atoms with Crippen LogP contribution in [0.5, 0.6) is 0 Å². The lowest BCUT2D eigenvalue weighted by molar-refractivity contribution is -0.0579. The van der Waals surface area contributed by atoms with E-state index in [0.29, 0.717) is 6.10 Å². The summed E-state index contributed by atoms with van der Waals surface area (Å²) in [5, 5.41) is 0. The van der Waals surface area contributed by atoms with Gasteiger partial charge in [-0.1, -0.05) is 19.8 Å². The molecular formula is C15H25NO2. The van der Waals surface area contributed by atoms with E-state index in [9.17, 15) is 0 Å². The van der Waals surface area contributed by atoms with Gasteiger partial charge >= 0.3 is 0 Å². The molecule has 1 aliphatic rings. The van der Waals surface area contributed by atoms with Crippen LogP contribution in [0.4, 0.5) is 0 Å². The summed E-state index contributed by atoms with van der Waals surface area (Å²) >= 11 is 0. The maximum absolute atomic E-state index is 6.20. The highest BCUT2D eigenvalue weighted by molar-refractivity contribution is 5.10. The molecule has 2 rings (SSSR count). The lowest BCUT2D eigenvalue weighted by atomic mass is 9.88. The Kier molecular flexibility index (Phi) is 4.46. The van der Waals surface area contributed by atoms with Crippen molar-refractivity contribution in [2.75, 3.05) is 0 Å². The lowest BCUT2D eigenvalue weighted by Gasteiger charge is -2.31. The van der Waals surface area contributed by atoms with Crippen LogP contribution in [-0.4, -0.2) is 12.1 Å². The van der Waals surface area contributed by atoms with E-state index >= 15 is 0 Å². The zero-order valence-corrected chi connectivity index (χ0v) is 11.7. The molecule has 1 aromatic heterocycles. The molecule has 0 aliphatic heterocycles. The zero-order chi connectivity index (χ0) is 13.1. The fourth-order valence-corrected chi connectivity index (χ4v) is 2.77. The van der Waals surface area contributed by atoms with E-state index in [1.165, 1.54) is 12.8 Å². The maximum atomic E-state index is 6.20. The normalized spacial score (nSPS) is 28.0. The van der Waals surface area contributed by atoms with Crippen molar-refractivity contribution in [1.82, 2.24) is 0 Å².